The quantitative estimate of drug-likeness (QED) is 0.775. The largest absolute Gasteiger partial charge is 0.392 e. The molecule has 3 aromatic rings. The van der Waals surface area contributed by atoms with Gasteiger partial charge in [-0.2, -0.15) is 0 Å². The average molecular weight is 300 g/mol. The van der Waals surface area contributed by atoms with Gasteiger partial charge in [-0.15, -0.1) is 0 Å². The van der Waals surface area contributed by atoms with E-state index in [1.54, 1.807) is 24.7 Å². The fourth-order valence-electron chi connectivity index (χ4n) is 2.27. The molecule has 0 spiro atoms. The molecule has 21 heavy (non-hydrogen) atoms. The summed E-state index contributed by atoms with van der Waals surface area (Å²) in [7, 11) is 0. The number of hydrogen-bond donors (Lipinski definition) is 2. The summed E-state index contributed by atoms with van der Waals surface area (Å²) < 4.78 is 0. The minimum atomic E-state index is -0.0284. The first kappa shape index (κ1) is 13.8. The second-order valence-electron chi connectivity index (χ2n) is 4.68. The Kier molecular flexibility index (Phi) is 3.99. The molecule has 3 rings (SSSR count). The van der Waals surface area contributed by atoms with Crippen molar-refractivity contribution in [1.82, 2.24) is 9.97 Å². The summed E-state index contributed by atoms with van der Waals surface area (Å²) in [6.07, 6.45) is 5.13. The molecule has 0 unspecified atom stereocenters. The minimum Gasteiger partial charge on any atom is -0.392 e. The van der Waals surface area contributed by atoms with Crippen molar-refractivity contribution in [1.29, 1.82) is 0 Å². The molecule has 106 valence electrons. The highest BCUT2D eigenvalue weighted by molar-refractivity contribution is 6.31. The molecule has 0 radical (unpaired) electrons. The second-order valence-corrected chi connectivity index (χ2v) is 5.12. The van der Waals surface area contributed by atoms with Crippen molar-refractivity contribution >= 4 is 28.2 Å². The summed E-state index contributed by atoms with van der Waals surface area (Å²) in [4.78, 5) is 8.48. The molecule has 0 aliphatic rings. The first-order valence-corrected chi connectivity index (χ1v) is 6.96. The number of aliphatic hydroxyl groups excluding tert-OH is 1. The number of benzene rings is 1. The van der Waals surface area contributed by atoms with E-state index in [-0.39, 0.29) is 6.61 Å². The minimum absolute atomic E-state index is 0.0284. The van der Waals surface area contributed by atoms with Crippen LogP contribution in [-0.2, 0) is 13.2 Å². The molecule has 1 aromatic carbocycles. The summed E-state index contributed by atoms with van der Waals surface area (Å²) in [6.45, 7) is 0.534. The molecule has 0 saturated carbocycles. The number of nitrogens with one attached hydrogen (secondary N) is 1. The van der Waals surface area contributed by atoms with Gasteiger partial charge in [0.05, 0.1) is 24.0 Å². The maximum absolute atomic E-state index is 9.33. The highest BCUT2D eigenvalue weighted by Crippen LogP contribution is 2.23. The van der Waals surface area contributed by atoms with Crippen LogP contribution < -0.4 is 5.32 Å². The number of pyridine rings is 2. The highest BCUT2D eigenvalue weighted by atomic mass is 35.5. The molecule has 0 bridgehead atoms. The molecule has 0 aliphatic heterocycles. The monoisotopic (exact) mass is 299 g/mol. The molecule has 2 aromatic heterocycles. The van der Waals surface area contributed by atoms with Crippen LogP contribution >= 0.6 is 11.6 Å². The Morgan fingerprint density at radius 2 is 2.05 bits per heavy atom. The van der Waals surface area contributed by atoms with Gasteiger partial charge in [0.2, 0.25) is 0 Å². The van der Waals surface area contributed by atoms with Crippen LogP contribution in [0, 0.1) is 0 Å². The topological polar surface area (TPSA) is 58.0 Å². The third kappa shape index (κ3) is 2.96. The van der Waals surface area contributed by atoms with Gasteiger partial charge in [0, 0.05) is 34.9 Å². The number of hydrogen-bond acceptors (Lipinski definition) is 4. The van der Waals surface area contributed by atoms with Gasteiger partial charge in [-0.1, -0.05) is 17.7 Å². The fourth-order valence-corrected chi connectivity index (χ4v) is 2.52. The van der Waals surface area contributed by atoms with Gasteiger partial charge in [-0.05, 0) is 29.8 Å². The van der Waals surface area contributed by atoms with Crippen molar-refractivity contribution in [2.24, 2.45) is 0 Å². The van der Waals surface area contributed by atoms with E-state index in [9.17, 15) is 5.11 Å². The number of halogens is 1. The van der Waals surface area contributed by atoms with E-state index in [2.05, 4.69) is 15.3 Å². The van der Waals surface area contributed by atoms with Crippen LogP contribution in [0.15, 0.2) is 48.9 Å². The highest BCUT2D eigenvalue weighted by Gasteiger charge is 2.06. The number of nitrogens with zero attached hydrogens (tertiary/aromatic N) is 2. The Labute approximate surface area is 127 Å². The van der Waals surface area contributed by atoms with Gasteiger partial charge in [-0.25, -0.2) is 0 Å². The van der Waals surface area contributed by atoms with Crippen LogP contribution in [0.4, 0.5) is 5.69 Å². The molecule has 0 saturated heterocycles. The molecule has 5 heteroatoms. The van der Waals surface area contributed by atoms with Gasteiger partial charge in [-0.3, -0.25) is 9.97 Å². The summed E-state index contributed by atoms with van der Waals surface area (Å²) in [5.41, 5.74) is 3.54. The summed E-state index contributed by atoms with van der Waals surface area (Å²) in [6, 6.07) is 9.47. The van der Waals surface area contributed by atoms with Crippen LogP contribution in [0.2, 0.25) is 5.02 Å². The van der Waals surface area contributed by atoms with E-state index < -0.39 is 0 Å². The van der Waals surface area contributed by atoms with Crippen LogP contribution in [0.3, 0.4) is 0 Å². The first-order valence-electron chi connectivity index (χ1n) is 6.58. The maximum Gasteiger partial charge on any atom is 0.0752 e. The molecule has 0 aliphatic carbocycles. The van der Waals surface area contributed by atoms with E-state index >= 15 is 0 Å². The third-order valence-electron chi connectivity index (χ3n) is 3.30. The summed E-state index contributed by atoms with van der Waals surface area (Å²) in [5.74, 6) is 0. The Hall–Kier alpha value is -2.17. The van der Waals surface area contributed by atoms with Gasteiger partial charge >= 0.3 is 0 Å². The molecule has 0 fully saturated rings. The Morgan fingerprint density at radius 1 is 1.14 bits per heavy atom. The SMILES string of the molecule is OCc1ccncc1NCc1cc(Cl)cc2cccnc12. The molecular formula is C16H14ClN3O. The predicted octanol–water partition coefficient (Wildman–Crippen LogP) is 3.39. The number of rotatable bonds is 4. The Bertz CT molecular complexity index is 776. The lowest BCUT2D eigenvalue weighted by atomic mass is 10.1. The van der Waals surface area contributed by atoms with E-state index in [1.165, 1.54) is 0 Å². The van der Waals surface area contributed by atoms with E-state index in [0.29, 0.717) is 11.6 Å². The van der Waals surface area contributed by atoms with Crippen LogP contribution in [-0.4, -0.2) is 15.1 Å². The molecule has 4 nitrogen and oxygen atoms in total. The number of aliphatic hydroxyl groups is 1. The van der Waals surface area contributed by atoms with Crippen molar-refractivity contribution in [3.05, 3.63) is 65.1 Å². The molecule has 2 heterocycles. The zero-order chi connectivity index (χ0) is 14.7. The standard InChI is InChI=1S/C16H14ClN3O/c17-14-6-11-2-1-4-19-16(11)13(7-14)8-20-15-9-18-5-3-12(15)10-21/h1-7,9,20-21H,8,10H2. The van der Waals surface area contributed by atoms with Gasteiger partial charge in [0.25, 0.3) is 0 Å². The van der Waals surface area contributed by atoms with Crippen molar-refractivity contribution in [3.8, 4) is 0 Å². The van der Waals surface area contributed by atoms with Gasteiger partial charge in [0.15, 0.2) is 0 Å². The zero-order valence-corrected chi connectivity index (χ0v) is 12.0. The smallest absolute Gasteiger partial charge is 0.0752 e. The molecule has 0 atom stereocenters. The Balaban J connectivity index is 1.92. The van der Waals surface area contributed by atoms with Crippen LogP contribution in [0.5, 0.6) is 0 Å². The summed E-state index contributed by atoms with van der Waals surface area (Å²) >= 11 is 6.16. The first-order chi connectivity index (χ1) is 10.3. The van der Waals surface area contributed by atoms with Crippen molar-refractivity contribution < 1.29 is 5.11 Å². The lowest BCUT2D eigenvalue weighted by molar-refractivity contribution is 0.282. The van der Waals surface area contributed by atoms with Gasteiger partial charge < -0.3 is 10.4 Å². The average Bonchev–Trinajstić information content (AvgIpc) is 2.52. The predicted molar refractivity (Wildman–Crippen MR) is 84.2 cm³/mol. The number of anilines is 1. The molecular weight excluding hydrogens is 286 g/mol. The van der Waals surface area contributed by atoms with E-state index in [1.807, 2.05) is 24.3 Å². The lowest BCUT2D eigenvalue weighted by Crippen LogP contribution is -2.04. The van der Waals surface area contributed by atoms with Crippen molar-refractivity contribution in [2.75, 3.05) is 5.32 Å². The van der Waals surface area contributed by atoms with Crippen molar-refractivity contribution in [3.63, 3.8) is 0 Å². The number of aromatic nitrogens is 2. The fraction of sp³-hybridized carbons (Fsp3) is 0.125. The van der Waals surface area contributed by atoms with E-state index in [4.69, 9.17) is 11.6 Å². The third-order valence-corrected chi connectivity index (χ3v) is 3.52. The molecule has 2 N–H and O–H groups in total. The zero-order valence-electron chi connectivity index (χ0n) is 11.3. The van der Waals surface area contributed by atoms with Crippen LogP contribution in [0.1, 0.15) is 11.1 Å². The second kappa shape index (κ2) is 6.08. The number of fused-ring (bicyclic) bond motifs is 1. The van der Waals surface area contributed by atoms with Crippen LogP contribution in [0.25, 0.3) is 10.9 Å². The Morgan fingerprint density at radius 3 is 2.90 bits per heavy atom. The lowest BCUT2D eigenvalue weighted by Gasteiger charge is -2.11. The van der Waals surface area contributed by atoms with E-state index in [0.717, 1.165) is 27.7 Å². The molecule has 0 amide bonds. The summed E-state index contributed by atoms with van der Waals surface area (Å²) in [5, 5.41) is 14.3. The van der Waals surface area contributed by atoms with Crippen molar-refractivity contribution in [2.45, 2.75) is 13.2 Å². The van der Waals surface area contributed by atoms with Gasteiger partial charge in [0.1, 0.15) is 0 Å². The maximum atomic E-state index is 9.33. The normalized spacial score (nSPS) is 10.8.